The van der Waals surface area contributed by atoms with Gasteiger partial charge in [-0.15, -0.1) is 0 Å². The fourth-order valence-corrected chi connectivity index (χ4v) is 3.11. The summed E-state index contributed by atoms with van der Waals surface area (Å²) in [5.41, 5.74) is 0. The second-order valence-corrected chi connectivity index (χ2v) is 7.59. The zero-order valence-electron chi connectivity index (χ0n) is 11.8. The Morgan fingerprint density at radius 3 is 2.67 bits per heavy atom. The van der Waals surface area contributed by atoms with Crippen molar-refractivity contribution in [3.05, 3.63) is 0 Å². The number of hydrogen-bond donors (Lipinski definition) is 1. The zero-order chi connectivity index (χ0) is 13.4. The Hall–Kier alpha value is -0.130. The molecule has 1 heterocycles. The van der Waals surface area contributed by atoms with Crippen LogP contribution in [0.5, 0.6) is 0 Å². The van der Waals surface area contributed by atoms with Gasteiger partial charge in [-0.25, -0.2) is 8.42 Å². The van der Waals surface area contributed by atoms with Crippen LogP contribution in [0.1, 0.15) is 39.0 Å². The Bertz CT molecular complexity index is 317. The van der Waals surface area contributed by atoms with E-state index in [0.29, 0.717) is 6.54 Å². The second kappa shape index (κ2) is 8.12. The van der Waals surface area contributed by atoms with Gasteiger partial charge in [0.2, 0.25) is 0 Å². The molecule has 0 bridgehead atoms. The second-order valence-electron chi connectivity index (χ2n) is 5.33. The summed E-state index contributed by atoms with van der Waals surface area (Å²) in [5.74, 6) is 0.240. The van der Waals surface area contributed by atoms with E-state index in [-0.39, 0.29) is 5.75 Å². The van der Waals surface area contributed by atoms with Crippen molar-refractivity contribution in [2.75, 3.05) is 38.2 Å². The van der Waals surface area contributed by atoms with Crippen LogP contribution in [0.2, 0.25) is 0 Å². The summed E-state index contributed by atoms with van der Waals surface area (Å²) in [5, 5.41) is 3.23. The largest absolute Gasteiger partial charge is 0.314 e. The van der Waals surface area contributed by atoms with E-state index in [9.17, 15) is 8.42 Å². The smallest absolute Gasteiger partial charge is 0.148 e. The van der Waals surface area contributed by atoms with Crippen LogP contribution in [0.25, 0.3) is 0 Å². The van der Waals surface area contributed by atoms with Gasteiger partial charge >= 0.3 is 0 Å². The Morgan fingerprint density at radius 1 is 1.22 bits per heavy atom. The average molecular weight is 276 g/mol. The molecule has 1 unspecified atom stereocenters. The fraction of sp³-hybridized carbons (Fsp3) is 1.00. The van der Waals surface area contributed by atoms with Gasteiger partial charge in [0.15, 0.2) is 0 Å². The highest BCUT2D eigenvalue weighted by atomic mass is 32.2. The predicted octanol–water partition coefficient (Wildman–Crippen LogP) is 1.28. The van der Waals surface area contributed by atoms with Crippen LogP contribution in [0.15, 0.2) is 0 Å². The lowest BCUT2D eigenvalue weighted by atomic mass is 10.1. The van der Waals surface area contributed by atoms with Crippen LogP contribution in [0.4, 0.5) is 0 Å². The molecule has 1 aliphatic heterocycles. The third kappa shape index (κ3) is 6.71. The Kier molecular flexibility index (Phi) is 7.19. The molecule has 1 N–H and O–H groups in total. The Morgan fingerprint density at radius 2 is 2.00 bits per heavy atom. The van der Waals surface area contributed by atoms with Crippen molar-refractivity contribution in [1.82, 2.24) is 10.2 Å². The molecule has 1 fully saturated rings. The van der Waals surface area contributed by atoms with E-state index in [1.807, 2.05) is 0 Å². The summed E-state index contributed by atoms with van der Waals surface area (Å²) in [7, 11) is -2.83. The predicted molar refractivity (Wildman–Crippen MR) is 76.7 cm³/mol. The van der Waals surface area contributed by atoms with Crippen LogP contribution in [-0.2, 0) is 9.84 Å². The molecule has 18 heavy (non-hydrogen) atoms. The molecule has 0 aliphatic carbocycles. The van der Waals surface area contributed by atoms with Crippen molar-refractivity contribution in [2.24, 2.45) is 0 Å². The molecule has 0 radical (unpaired) electrons. The summed E-state index contributed by atoms with van der Waals surface area (Å²) in [4.78, 5) is 2.57. The van der Waals surface area contributed by atoms with Crippen LogP contribution >= 0.6 is 0 Å². The summed E-state index contributed by atoms with van der Waals surface area (Å²) in [6, 6.07) is 0.726. The number of hydrogen-bond acceptors (Lipinski definition) is 4. The van der Waals surface area contributed by atoms with Gasteiger partial charge in [0, 0.05) is 31.9 Å². The topological polar surface area (TPSA) is 49.4 Å². The van der Waals surface area contributed by atoms with E-state index >= 15 is 0 Å². The average Bonchev–Trinajstić information content (AvgIpc) is 2.52. The van der Waals surface area contributed by atoms with Gasteiger partial charge in [0.05, 0.1) is 5.75 Å². The number of nitrogens with one attached hydrogen (secondary N) is 1. The summed E-state index contributed by atoms with van der Waals surface area (Å²) >= 11 is 0. The van der Waals surface area contributed by atoms with Crippen molar-refractivity contribution in [1.29, 1.82) is 0 Å². The third-order valence-electron chi connectivity index (χ3n) is 3.70. The minimum absolute atomic E-state index is 0.240. The molecule has 4 nitrogen and oxygen atoms in total. The van der Waals surface area contributed by atoms with Crippen LogP contribution < -0.4 is 5.32 Å². The van der Waals surface area contributed by atoms with Gasteiger partial charge < -0.3 is 5.32 Å². The summed E-state index contributed by atoms with van der Waals surface area (Å²) in [6.07, 6.45) is 7.85. The maximum absolute atomic E-state index is 11.0. The number of sulfone groups is 1. The summed E-state index contributed by atoms with van der Waals surface area (Å²) < 4.78 is 22.0. The SMILES string of the molecule is CCC1CCCCCN1CCNCCS(C)(=O)=O. The van der Waals surface area contributed by atoms with E-state index in [1.54, 1.807) is 0 Å². The van der Waals surface area contributed by atoms with Crippen molar-refractivity contribution < 1.29 is 8.42 Å². The Labute approximate surface area is 112 Å². The highest BCUT2D eigenvalue weighted by molar-refractivity contribution is 7.90. The van der Waals surface area contributed by atoms with E-state index < -0.39 is 9.84 Å². The van der Waals surface area contributed by atoms with Crippen molar-refractivity contribution >= 4 is 9.84 Å². The monoisotopic (exact) mass is 276 g/mol. The molecule has 108 valence electrons. The Balaban J connectivity index is 2.19. The molecule has 0 saturated carbocycles. The van der Waals surface area contributed by atoms with Gasteiger partial charge in [-0.05, 0) is 25.8 Å². The molecular formula is C13H28N2O2S. The van der Waals surface area contributed by atoms with Gasteiger partial charge in [-0.2, -0.15) is 0 Å². The van der Waals surface area contributed by atoms with E-state index in [4.69, 9.17) is 0 Å². The molecular weight excluding hydrogens is 248 g/mol. The molecule has 1 saturated heterocycles. The van der Waals surface area contributed by atoms with Gasteiger partial charge in [0.25, 0.3) is 0 Å². The molecule has 0 aromatic carbocycles. The summed E-state index contributed by atoms with van der Waals surface area (Å²) in [6.45, 7) is 5.98. The molecule has 1 atom stereocenters. The molecule has 0 aromatic heterocycles. The first-order valence-corrected chi connectivity index (χ1v) is 9.21. The molecule has 0 spiro atoms. The molecule has 1 aliphatic rings. The van der Waals surface area contributed by atoms with Crippen LogP contribution in [0, 0.1) is 0 Å². The molecule has 1 rings (SSSR count). The lowest BCUT2D eigenvalue weighted by molar-refractivity contribution is 0.195. The van der Waals surface area contributed by atoms with E-state index in [0.717, 1.165) is 19.1 Å². The number of rotatable bonds is 7. The van der Waals surface area contributed by atoms with Crippen LogP contribution in [-0.4, -0.2) is 57.5 Å². The number of nitrogens with zero attached hydrogens (tertiary/aromatic N) is 1. The lowest BCUT2D eigenvalue weighted by Crippen LogP contribution is -2.40. The fourth-order valence-electron chi connectivity index (χ4n) is 2.60. The minimum Gasteiger partial charge on any atom is -0.314 e. The van der Waals surface area contributed by atoms with Crippen molar-refractivity contribution in [3.8, 4) is 0 Å². The maximum atomic E-state index is 11.0. The lowest BCUT2D eigenvalue weighted by Gasteiger charge is -2.29. The standard InChI is InChI=1S/C13H28N2O2S/c1-3-13-7-5-4-6-10-15(13)11-8-14-9-12-18(2,16)17/h13-14H,3-12H2,1-2H3. The van der Waals surface area contributed by atoms with E-state index in [2.05, 4.69) is 17.1 Å². The first kappa shape index (κ1) is 15.9. The maximum Gasteiger partial charge on any atom is 0.148 e. The molecule has 5 heteroatoms. The van der Waals surface area contributed by atoms with Crippen molar-refractivity contribution in [3.63, 3.8) is 0 Å². The van der Waals surface area contributed by atoms with Crippen molar-refractivity contribution in [2.45, 2.75) is 45.1 Å². The quantitative estimate of drug-likeness (QED) is 0.712. The first-order valence-electron chi connectivity index (χ1n) is 7.15. The van der Waals surface area contributed by atoms with Crippen LogP contribution in [0.3, 0.4) is 0 Å². The van der Waals surface area contributed by atoms with E-state index in [1.165, 1.54) is 44.9 Å². The third-order valence-corrected chi connectivity index (χ3v) is 4.64. The van der Waals surface area contributed by atoms with Gasteiger partial charge in [-0.3, -0.25) is 4.90 Å². The number of likely N-dealkylation sites (tertiary alicyclic amines) is 1. The zero-order valence-corrected chi connectivity index (χ0v) is 12.6. The first-order chi connectivity index (χ1) is 8.53. The molecule has 0 amide bonds. The highest BCUT2D eigenvalue weighted by Gasteiger charge is 2.18. The highest BCUT2D eigenvalue weighted by Crippen LogP contribution is 2.18. The molecule has 0 aromatic rings. The van der Waals surface area contributed by atoms with Gasteiger partial charge in [0.1, 0.15) is 9.84 Å². The van der Waals surface area contributed by atoms with Gasteiger partial charge in [-0.1, -0.05) is 19.8 Å². The minimum atomic E-state index is -2.83. The normalized spacial score (nSPS) is 22.9.